The molecular formula is C11H11ClN2O2. The number of rotatable bonds is 2. The van der Waals surface area contributed by atoms with Gasteiger partial charge in [-0.3, -0.25) is 9.59 Å². The fraction of sp³-hybridized carbons (Fsp3) is 0.273. The van der Waals surface area contributed by atoms with Gasteiger partial charge in [-0.25, -0.2) is 4.90 Å². The Kier molecular flexibility index (Phi) is 2.94. The zero-order valence-corrected chi connectivity index (χ0v) is 9.33. The number of nitrogens with zero attached hydrogens (tertiary/aromatic N) is 1. The first-order valence-electron chi connectivity index (χ1n) is 4.97. The molecule has 0 bridgehead atoms. The third-order valence-corrected chi connectivity index (χ3v) is 2.75. The Morgan fingerprint density at radius 2 is 2.25 bits per heavy atom. The highest BCUT2D eigenvalue weighted by atomic mass is 35.5. The Hall–Kier alpha value is -1.39. The Morgan fingerprint density at radius 3 is 2.88 bits per heavy atom. The van der Waals surface area contributed by atoms with Crippen LogP contribution in [0, 0.1) is 0 Å². The highest BCUT2D eigenvalue weighted by molar-refractivity contribution is 6.68. The van der Waals surface area contributed by atoms with Crippen LogP contribution in [-0.4, -0.2) is 17.8 Å². The topological polar surface area (TPSA) is 63.4 Å². The Morgan fingerprint density at radius 1 is 1.50 bits per heavy atom. The highest BCUT2D eigenvalue weighted by Crippen LogP contribution is 2.30. The van der Waals surface area contributed by atoms with E-state index in [1.807, 2.05) is 12.1 Å². The van der Waals surface area contributed by atoms with E-state index in [2.05, 4.69) is 0 Å². The van der Waals surface area contributed by atoms with Crippen molar-refractivity contribution >= 4 is 28.6 Å². The van der Waals surface area contributed by atoms with Gasteiger partial charge in [0.15, 0.2) is 0 Å². The van der Waals surface area contributed by atoms with Gasteiger partial charge in [-0.1, -0.05) is 12.1 Å². The first kappa shape index (κ1) is 11.1. The SMILES string of the molecule is NCCc1ccc2c(c1)CC(=O)N2C(=O)Cl. The summed E-state index contributed by atoms with van der Waals surface area (Å²) in [6.45, 7) is 0.560. The number of fused-ring (bicyclic) bond motifs is 1. The summed E-state index contributed by atoms with van der Waals surface area (Å²) >= 11 is 5.35. The number of halogens is 1. The number of nitrogens with two attached hydrogens (primary N) is 1. The number of imide groups is 1. The van der Waals surface area contributed by atoms with Gasteiger partial charge in [0.25, 0.3) is 0 Å². The second kappa shape index (κ2) is 4.23. The lowest BCUT2D eigenvalue weighted by Crippen LogP contribution is -2.28. The molecule has 16 heavy (non-hydrogen) atoms. The van der Waals surface area contributed by atoms with Gasteiger partial charge in [-0.2, -0.15) is 0 Å². The van der Waals surface area contributed by atoms with Gasteiger partial charge in [-0.15, -0.1) is 0 Å². The fourth-order valence-corrected chi connectivity index (χ4v) is 2.08. The molecule has 1 aliphatic rings. The van der Waals surface area contributed by atoms with Gasteiger partial charge in [0.2, 0.25) is 5.91 Å². The zero-order valence-electron chi connectivity index (χ0n) is 8.57. The lowest BCUT2D eigenvalue weighted by Gasteiger charge is -2.11. The monoisotopic (exact) mass is 238 g/mol. The molecule has 2 N–H and O–H groups in total. The number of amides is 2. The molecule has 2 amide bonds. The summed E-state index contributed by atoms with van der Waals surface area (Å²) in [6, 6.07) is 5.50. The third-order valence-electron chi connectivity index (χ3n) is 2.58. The number of hydrogen-bond acceptors (Lipinski definition) is 3. The normalized spacial score (nSPS) is 14.1. The van der Waals surface area contributed by atoms with Crippen LogP contribution in [0.1, 0.15) is 11.1 Å². The van der Waals surface area contributed by atoms with Crippen LogP contribution < -0.4 is 10.6 Å². The van der Waals surface area contributed by atoms with Crippen LogP contribution in [0.4, 0.5) is 10.5 Å². The number of hydrogen-bond donors (Lipinski definition) is 1. The summed E-state index contributed by atoms with van der Waals surface area (Å²) in [7, 11) is 0. The molecule has 5 heteroatoms. The maximum absolute atomic E-state index is 11.5. The maximum Gasteiger partial charge on any atom is 0.327 e. The highest BCUT2D eigenvalue weighted by Gasteiger charge is 2.31. The van der Waals surface area contributed by atoms with Crippen molar-refractivity contribution in [1.29, 1.82) is 0 Å². The molecule has 1 aliphatic heterocycles. The molecule has 0 aromatic heterocycles. The molecule has 1 aromatic rings. The summed E-state index contributed by atoms with van der Waals surface area (Å²) in [4.78, 5) is 23.6. The van der Waals surface area contributed by atoms with Gasteiger partial charge in [-0.05, 0) is 41.8 Å². The second-order valence-electron chi connectivity index (χ2n) is 3.66. The first-order chi connectivity index (χ1) is 7.63. The Bertz CT molecular complexity index is 459. The van der Waals surface area contributed by atoms with E-state index in [1.54, 1.807) is 6.07 Å². The average Bonchev–Trinajstić information content (AvgIpc) is 2.53. The molecule has 0 unspecified atom stereocenters. The van der Waals surface area contributed by atoms with Crippen molar-refractivity contribution in [3.63, 3.8) is 0 Å². The van der Waals surface area contributed by atoms with E-state index in [-0.39, 0.29) is 12.3 Å². The van der Waals surface area contributed by atoms with Gasteiger partial charge in [0.05, 0.1) is 12.1 Å². The fourth-order valence-electron chi connectivity index (χ4n) is 1.89. The molecule has 1 heterocycles. The second-order valence-corrected chi connectivity index (χ2v) is 3.98. The van der Waals surface area contributed by atoms with Crippen molar-refractivity contribution in [1.82, 2.24) is 0 Å². The van der Waals surface area contributed by atoms with E-state index >= 15 is 0 Å². The third kappa shape index (κ3) is 1.81. The molecular weight excluding hydrogens is 228 g/mol. The smallest absolute Gasteiger partial charge is 0.327 e. The molecule has 0 fully saturated rings. The zero-order chi connectivity index (χ0) is 11.7. The van der Waals surface area contributed by atoms with Crippen molar-refractivity contribution < 1.29 is 9.59 Å². The predicted molar refractivity (Wildman–Crippen MR) is 61.6 cm³/mol. The van der Waals surface area contributed by atoms with E-state index in [4.69, 9.17) is 17.3 Å². The number of benzene rings is 1. The molecule has 0 atom stereocenters. The molecule has 2 rings (SSSR count). The number of anilines is 1. The summed E-state index contributed by atoms with van der Waals surface area (Å²) in [5, 5.41) is -0.754. The van der Waals surface area contributed by atoms with E-state index in [0.29, 0.717) is 12.2 Å². The average molecular weight is 239 g/mol. The van der Waals surface area contributed by atoms with Crippen LogP contribution in [-0.2, 0) is 17.6 Å². The van der Waals surface area contributed by atoms with E-state index in [9.17, 15) is 9.59 Å². The van der Waals surface area contributed by atoms with Gasteiger partial charge in [0, 0.05) is 0 Å². The molecule has 4 nitrogen and oxygen atoms in total. The molecule has 0 saturated carbocycles. The van der Waals surface area contributed by atoms with Gasteiger partial charge in [0.1, 0.15) is 0 Å². The summed E-state index contributed by atoms with van der Waals surface area (Å²) < 4.78 is 0. The minimum Gasteiger partial charge on any atom is -0.330 e. The van der Waals surface area contributed by atoms with Crippen molar-refractivity contribution in [2.24, 2.45) is 5.73 Å². The molecule has 0 spiro atoms. The van der Waals surface area contributed by atoms with E-state index < -0.39 is 5.37 Å². The molecule has 0 radical (unpaired) electrons. The van der Waals surface area contributed by atoms with Crippen LogP contribution in [0.25, 0.3) is 0 Å². The molecule has 84 valence electrons. The van der Waals surface area contributed by atoms with Crippen LogP contribution in [0.3, 0.4) is 0 Å². The Labute approximate surface area is 98.0 Å². The molecule has 1 aromatic carbocycles. The minimum atomic E-state index is -0.754. The number of carbonyl (C=O) groups is 2. The summed E-state index contributed by atoms with van der Waals surface area (Å²) in [5.74, 6) is -0.278. The van der Waals surface area contributed by atoms with Gasteiger partial charge < -0.3 is 5.73 Å². The van der Waals surface area contributed by atoms with E-state index in [1.165, 1.54) is 0 Å². The predicted octanol–water partition coefficient (Wildman–Crippen LogP) is 1.44. The van der Waals surface area contributed by atoms with Crippen LogP contribution >= 0.6 is 11.6 Å². The van der Waals surface area contributed by atoms with E-state index in [0.717, 1.165) is 22.4 Å². The quantitative estimate of drug-likeness (QED) is 0.626. The lowest BCUT2D eigenvalue weighted by atomic mass is 10.1. The van der Waals surface area contributed by atoms with Crippen LogP contribution in [0.15, 0.2) is 18.2 Å². The Balaban J connectivity index is 2.38. The first-order valence-corrected chi connectivity index (χ1v) is 5.35. The van der Waals surface area contributed by atoms with Gasteiger partial charge >= 0.3 is 5.37 Å². The van der Waals surface area contributed by atoms with Crippen molar-refractivity contribution in [2.75, 3.05) is 11.4 Å². The van der Waals surface area contributed by atoms with Crippen molar-refractivity contribution in [2.45, 2.75) is 12.8 Å². The van der Waals surface area contributed by atoms with Crippen LogP contribution in [0.2, 0.25) is 0 Å². The maximum atomic E-state index is 11.5. The standard InChI is InChI=1S/C11H11ClN2O2/c12-11(16)14-9-2-1-7(3-4-13)5-8(9)6-10(14)15/h1-2,5H,3-4,6,13H2. The molecule has 0 saturated heterocycles. The molecule has 0 aliphatic carbocycles. The van der Waals surface area contributed by atoms with Crippen molar-refractivity contribution in [3.8, 4) is 0 Å². The number of carbonyl (C=O) groups excluding carboxylic acids is 2. The largest absolute Gasteiger partial charge is 0.330 e. The van der Waals surface area contributed by atoms with Crippen LogP contribution in [0.5, 0.6) is 0 Å². The summed E-state index contributed by atoms with van der Waals surface area (Å²) in [6.07, 6.45) is 0.989. The van der Waals surface area contributed by atoms with Crippen molar-refractivity contribution in [3.05, 3.63) is 29.3 Å². The minimum absolute atomic E-state index is 0.228. The summed E-state index contributed by atoms with van der Waals surface area (Å²) in [5.41, 5.74) is 7.95. The lowest BCUT2D eigenvalue weighted by molar-refractivity contribution is -0.116.